The van der Waals surface area contributed by atoms with E-state index in [-0.39, 0.29) is 12.5 Å². The van der Waals surface area contributed by atoms with E-state index in [1.807, 2.05) is 56.3 Å². The van der Waals surface area contributed by atoms with Crippen molar-refractivity contribution >= 4 is 44.8 Å². The van der Waals surface area contributed by atoms with Gasteiger partial charge in [-0.05, 0) is 37.7 Å². The minimum absolute atomic E-state index is 0.0629. The van der Waals surface area contributed by atoms with E-state index in [0.717, 1.165) is 26.9 Å². The number of benzene rings is 2. The van der Waals surface area contributed by atoms with Crippen LogP contribution in [0, 0.1) is 18.6 Å². The monoisotopic (exact) mass is 395 g/mol. The zero-order valence-electron chi connectivity index (χ0n) is 14.8. The number of fused-ring (bicyclic) bond motifs is 1. The Morgan fingerprint density at radius 1 is 1.22 bits per heavy atom. The number of nitrogens with one attached hydrogen (secondary N) is 2. The van der Waals surface area contributed by atoms with Gasteiger partial charge in [-0.15, -0.1) is 0 Å². The van der Waals surface area contributed by atoms with Gasteiger partial charge >= 0.3 is 0 Å². The SMILES string of the molecule is Cc1ccc(-c2n[nH]c(=S)n2CC(=O)Nc2nc3c(C)cccc3s2)cc1. The van der Waals surface area contributed by atoms with Crippen LogP contribution in [0.5, 0.6) is 0 Å². The van der Waals surface area contributed by atoms with Gasteiger partial charge in [0.05, 0.1) is 10.2 Å². The van der Waals surface area contributed by atoms with E-state index < -0.39 is 0 Å². The molecule has 0 saturated carbocycles. The van der Waals surface area contributed by atoms with Crippen LogP contribution in [-0.4, -0.2) is 25.7 Å². The van der Waals surface area contributed by atoms with Crippen LogP contribution in [0.15, 0.2) is 42.5 Å². The van der Waals surface area contributed by atoms with Crippen LogP contribution in [0.3, 0.4) is 0 Å². The molecule has 0 radical (unpaired) electrons. The summed E-state index contributed by atoms with van der Waals surface area (Å²) in [6.45, 7) is 4.09. The van der Waals surface area contributed by atoms with E-state index in [0.29, 0.717) is 15.7 Å². The number of carbonyl (C=O) groups is 1. The van der Waals surface area contributed by atoms with Crippen LogP contribution in [-0.2, 0) is 11.3 Å². The van der Waals surface area contributed by atoms with Gasteiger partial charge in [-0.25, -0.2) is 4.98 Å². The molecule has 2 aromatic heterocycles. The lowest BCUT2D eigenvalue weighted by Gasteiger charge is -2.07. The second-order valence-corrected chi connectivity index (χ2v) is 7.71. The van der Waals surface area contributed by atoms with E-state index in [9.17, 15) is 4.79 Å². The number of thiazole rings is 1. The third-order valence-corrected chi connectivity index (χ3v) is 5.48. The number of rotatable bonds is 4. The molecule has 4 aromatic rings. The van der Waals surface area contributed by atoms with Crippen LogP contribution in [0.1, 0.15) is 11.1 Å². The Labute approximate surface area is 164 Å². The van der Waals surface area contributed by atoms with Gasteiger partial charge in [0, 0.05) is 5.56 Å². The number of hydrogen-bond donors (Lipinski definition) is 2. The van der Waals surface area contributed by atoms with Gasteiger partial charge in [0.2, 0.25) is 5.91 Å². The van der Waals surface area contributed by atoms with Gasteiger partial charge < -0.3 is 5.32 Å². The number of nitrogens with zero attached hydrogens (tertiary/aromatic N) is 3. The fraction of sp³-hybridized carbons (Fsp3) is 0.158. The van der Waals surface area contributed by atoms with E-state index in [1.54, 1.807) is 4.57 Å². The van der Waals surface area contributed by atoms with Gasteiger partial charge in [-0.3, -0.25) is 14.5 Å². The van der Waals surface area contributed by atoms with Gasteiger partial charge in [0.1, 0.15) is 6.54 Å². The number of anilines is 1. The van der Waals surface area contributed by atoms with Crippen LogP contribution in [0.25, 0.3) is 21.6 Å². The highest BCUT2D eigenvalue weighted by Gasteiger charge is 2.14. The molecule has 4 rings (SSSR count). The highest BCUT2D eigenvalue weighted by atomic mass is 32.1. The largest absolute Gasteiger partial charge is 0.300 e. The molecule has 1 amide bonds. The van der Waals surface area contributed by atoms with Crippen molar-refractivity contribution in [2.75, 3.05) is 5.32 Å². The normalized spacial score (nSPS) is 11.0. The van der Waals surface area contributed by atoms with Gasteiger partial charge in [-0.1, -0.05) is 53.3 Å². The van der Waals surface area contributed by atoms with Crippen LogP contribution >= 0.6 is 23.6 Å². The maximum atomic E-state index is 12.6. The first-order chi connectivity index (χ1) is 13.0. The first-order valence-electron chi connectivity index (χ1n) is 8.39. The molecule has 8 heteroatoms. The van der Waals surface area contributed by atoms with Crippen molar-refractivity contribution in [2.24, 2.45) is 0 Å². The third kappa shape index (κ3) is 3.54. The molecule has 0 saturated heterocycles. The maximum absolute atomic E-state index is 12.6. The number of hydrogen-bond acceptors (Lipinski definition) is 5. The Morgan fingerprint density at radius 2 is 2.00 bits per heavy atom. The molecule has 0 fully saturated rings. The predicted octanol–water partition coefficient (Wildman–Crippen LogP) is 4.47. The lowest BCUT2D eigenvalue weighted by molar-refractivity contribution is -0.116. The Hall–Kier alpha value is -2.84. The summed E-state index contributed by atoms with van der Waals surface area (Å²) in [4.78, 5) is 17.1. The van der Waals surface area contributed by atoms with Crippen molar-refractivity contribution in [3.8, 4) is 11.4 Å². The molecule has 2 heterocycles. The summed E-state index contributed by atoms with van der Waals surface area (Å²) in [7, 11) is 0. The molecule has 0 aliphatic heterocycles. The van der Waals surface area contributed by atoms with Crippen molar-refractivity contribution in [3.63, 3.8) is 0 Å². The molecule has 136 valence electrons. The summed E-state index contributed by atoms with van der Waals surface area (Å²) in [5.74, 6) is 0.438. The second-order valence-electron chi connectivity index (χ2n) is 6.29. The van der Waals surface area contributed by atoms with Crippen molar-refractivity contribution in [1.82, 2.24) is 19.7 Å². The summed E-state index contributed by atoms with van der Waals surface area (Å²) < 4.78 is 3.14. The molecule has 0 bridgehead atoms. The number of amides is 1. The molecule has 0 spiro atoms. The molecule has 2 N–H and O–H groups in total. The first-order valence-corrected chi connectivity index (χ1v) is 9.62. The number of para-hydroxylation sites is 1. The van der Waals surface area contributed by atoms with Gasteiger partial charge in [0.25, 0.3) is 0 Å². The summed E-state index contributed by atoms with van der Waals surface area (Å²) in [6.07, 6.45) is 0. The van der Waals surface area contributed by atoms with E-state index in [1.165, 1.54) is 11.3 Å². The molecule has 0 aliphatic rings. The van der Waals surface area contributed by atoms with E-state index in [4.69, 9.17) is 12.2 Å². The van der Waals surface area contributed by atoms with Crippen molar-refractivity contribution in [2.45, 2.75) is 20.4 Å². The minimum Gasteiger partial charge on any atom is -0.300 e. The van der Waals surface area contributed by atoms with Crippen LogP contribution in [0.2, 0.25) is 0 Å². The zero-order valence-corrected chi connectivity index (χ0v) is 16.4. The van der Waals surface area contributed by atoms with Gasteiger partial charge in [0.15, 0.2) is 15.7 Å². The molecular weight excluding hydrogens is 378 g/mol. The highest BCUT2D eigenvalue weighted by molar-refractivity contribution is 7.71. The Bertz CT molecular complexity index is 1190. The highest BCUT2D eigenvalue weighted by Crippen LogP contribution is 2.28. The predicted molar refractivity (Wildman–Crippen MR) is 111 cm³/mol. The molecule has 2 aromatic carbocycles. The third-order valence-electron chi connectivity index (χ3n) is 4.24. The summed E-state index contributed by atoms with van der Waals surface area (Å²) in [6, 6.07) is 13.9. The lowest BCUT2D eigenvalue weighted by Crippen LogP contribution is -2.19. The Balaban J connectivity index is 1.57. The number of carbonyl (C=O) groups excluding carboxylic acids is 1. The zero-order chi connectivity index (χ0) is 19.0. The molecular formula is C19H17N5OS2. The standard InChI is InChI=1S/C19H17N5OS2/c1-11-6-8-13(9-7-11)17-22-23-19(26)24(17)10-15(25)20-18-21-16-12(2)4-3-5-14(16)27-18/h3-9H,10H2,1-2H3,(H,23,26)(H,20,21,25). The van der Waals surface area contributed by atoms with Crippen molar-refractivity contribution in [1.29, 1.82) is 0 Å². The molecule has 0 aliphatic carbocycles. The first kappa shape index (κ1) is 17.6. The second kappa shape index (κ2) is 7.05. The number of aromatic nitrogens is 4. The molecule has 0 atom stereocenters. The maximum Gasteiger partial charge on any atom is 0.246 e. The fourth-order valence-corrected chi connectivity index (χ4v) is 3.99. The fourth-order valence-electron chi connectivity index (χ4n) is 2.83. The summed E-state index contributed by atoms with van der Waals surface area (Å²) in [5.41, 5.74) is 4.06. The molecule has 6 nitrogen and oxygen atoms in total. The number of H-pyrrole nitrogens is 1. The van der Waals surface area contributed by atoms with Crippen LogP contribution < -0.4 is 5.32 Å². The van der Waals surface area contributed by atoms with Gasteiger partial charge in [-0.2, -0.15) is 5.10 Å². The summed E-state index contributed by atoms with van der Waals surface area (Å²) >= 11 is 6.76. The Morgan fingerprint density at radius 3 is 2.74 bits per heavy atom. The number of aryl methyl sites for hydroxylation is 2. The quantitative estimate of drug-likeness (QED) is 0.500. The van der Waals surface area contributed by atoms with Crippen LogP contribution in [0.4, 0.5) is 5.13 Å². The molecule has 0 unspecified atom stereocenters. The average Bonchev–Trinajstić information content (AvgIpc) is 3.21. The molecule has 27 heavy (non-hydrogen) atoms. The lowest BCUT2D eigenvalue weighted by atomic mass is 10.1. The van der Waals surface area contributed by atoms with E-state index in [2.05, 4.69) is 20.5 Å². The Kier molecular flexibility index (Phi) is 4.59. The van der Waals surface area contributed by atoms with Crippen molar-refractivity contribution < 1.29 is 4.79 Å². The average molecular weight is 396 g/mol. The smallest absolute Gasteiger partial charge is 0.246 e. The summed E-state index contributed by atoms with van der Waals surface area (Å²) in [5, 5.41) is 10.5. The van der Waals surface area contributed by atoms with E-state index >= 15 is 0 Å². The topological polar surface area (TPSA) is 75.6 Å². The van der Waals surface area contributed by atoms with Crippen molar-refractivity contribution in [3.05, 3.63) is 58.4 Å². The minimum atomic E-state index is -0.197. The number of aromatic amines is 1.